The zero-order valence-electron chi connectivity index (χ0n) is 10.2. The molecule has 2 unspecified atom stereocenters. The van der Waals surface area contributed by atoms with E-state index in [2.05, 4.69) is 15.3 Å². The van der Waals surface area contributed by atoms with E-state index in [0.717, 1.165) is 0 Å². The van der Waals surface area contributed by atoms with Crippen LogP contribution in [0.3, 0.4) is 0 Å². The van der Waals surface area contributed by atoms with Gasteiger partial charge in [0.05, 0.1) is 12.4 Å². The van der Waals surface area contributed by atoms with Crippen molar-refractivity contribution < 1.29 is 19.8 Å². The lowest BCUT2D eigenvalue weighted by molar-refractivity contribution is -0.139. The summed E-state index contributed by atoms with van der Waals surface area (Å²) in [7, 11) is 0. The number of imidazole rings is 1. The highest BCUT2D eigenvalue weighted by molar-refractivity contribution is 5.82. The van der Waals surface area contributed by atoms with E-state index in [4.69, 9.17) is 5.11 Å². The van der Waals surface area contributed by atoms with Crippen LogP contribution in [0.1, 0.15) is 12.1 Å². The number of likely N-dealkylation sites (tertiary alicyclic amines) is 1. The third-order valence-corrected chi connectivity index (χ3v) is 3.03. The van der Waals surface area contributed by atoms with Gasteiger partial charge in [0.1, 0.15) is 6.04 Å². The molecular formula is C11H16N4O4. The molecule has 0 aliphatic carbocycles. The number of nitrogens with one attached hydrogen (secondary N) is 2. The van der Waals surface area contributed by atoms with Crippen LogP contribution in [0.15, 0.2) is 12.5 Å². The molecular weight excluding hydrogens is 252 g/mol. The van der Waals surface area contributed by atoms with Gasteiger partial charge in [-0.15, -0.1) is 0 Å². The molecule has 4 N–H and O–H groups in total. The summed E-state index contributed by atoms with van der Waals surface area (Å²) >= 11 is 0. The van der Waals surface area contributed by atoms with E-state index >= 15 is 0 Å². The first-order chi connectivity index (χ1) is 9.06. The van der Waals surface area contributed by atoms with Gasteiger partial charge in [0.2, 0.25) is 0 Å². The quantitative estimate of drug-likeness (QED) is 0.569. The van der Waals surface area contributed by atoms with Crippen LogP contribution in [-0.2, 0) is 11.2 Å². The smallest absolute Gasteiger partial charge is 0.326 e. The number of hydrogen-bond donors (Lipinski definition) is 4. The van der Waals surface area contributed by atoms with Crippen molar-refractivity contribution >= 4 is 12.0 Å². The van der Waals surface area contributed by atoms with Crippen molar-refractivity contribution in [1.82, 2.24) is 20.2 Å². The van der Waals surface area contributed by atoms with Crippen LogP contribution in [0.25, 0.3) is 0 Å². The van der Waals surface area contributed by atoms with E-state index in [9.17, 15) is 14.7 Å². The lowest BCUT2D eigenvalue weighted by Crippen LogP contribution is -2.48. The zero-order chi connectivity index (χ0) is 13.8. The second-order valence-corrected chi connectivity index (χ2v) is 4.51. The molecule has 0 saturated carbocycles. The molecule has 1 aromatic rings. The normalized spacial score (nSPS) is 20.3. The van der Waals surface area contributed by atoms with Gasteiger partial charge in [0, 0.05) is 31.4 Å². The summed E-state index contributed by atoms with van der Waals surface area (Å²) in [5.74, 6) is -1.11. The van der Waals surface area contributed by atoms with Crippen molar-refractivity contribution in [2.24, 2.45) is 0 Å². The summed E-state index contributed by atoms with van der Waals surface area (Å²) in [5.41, 5.74) is 0.633. The van der Waals surface area contributed by atoms with Crippen LogP contribution >= 0.6 is 0 Å². The number of amides is 2. The molecule has 1 aromatic heterocycles. The number of aliphatic hydroxyl groups is 1. The van der Waals surface area contributed by atoms with Crippen molar-refractivity contribution in [1.29, 1.82) is 0 Å². The van der Waals surface area contributed by atoms with Gasteiger partial charge in [-0.3, -0.25) is 0 Å². The topological polar surface area (TPSA) is 119 Å². The number of aliphatic carboxylic acids is 1. The summed E-state index contributed by atoms with van der Waals surface area (Å²) in [6, 6.07) is -1.49. The molecule has 1 saturated heterocycles. The highest BCUT2D eigenvalue weighted by atomic mass is 16.4. The van der Waals surface area contributed by atoms with Gasteiger partial charge in [-0.25, -0.2) is 14.6 Å². The Morgan fingerprint density at radius 1 is 1.63 bits per heavy atom. The van der Waals surface area contributed by atoms with E-state index in [0.29, 0.717) is 18.7 Å². The molecule has 8 heteroatoms. The van der Waals surface area contributed by atoms with Gasteiger partial charge < -0.3 is 25.4 Å². The largest absolute Gasteiger partial charge is 0.480 e. The minimum atomic E-state index is -1.11. The first-order valence-corrected chi connectivity index (χ1v) is 6.00. The van der Waals surface area contributed by atoms with Crippen molar-refractivity contribution in [3.8, 4) is 0 Å². The maximum absolute atomic E-state index is 11.8. The molecule has 2 rings (SSSR count). The fraction of sp³-hybridized carbons (Fsp3) is 0.545. The van der Waals surface area contributed by atoms with Crippen LogP contribution in [0.5, 0.6) is 0 Å². The minimum Gasteiger partial charge on any atom is -0.480 e. The van der Waals surface area contributed by atoms with E-state index in [1.165, 1.54) is 17.4 Å². The summed E-state index contributed by atoms with van der Waals surface area (Å²) in [6.07, 6.45) is 3.10. The molecule has 0 radical (unpaired) electrons. The first-order valence-electron chi connectivity index (χ1n) is 6.00. The summed E-state index contributed by atoms with van der Waals surface area (Å²) in [5, 5.41) is 20.9. The van der Waals surface area contributed by atoms with Crippen molar-refractivity contribution in [2.75, 3.05) is 13.1 Å². The van der Waals surface area contributed by atoms with E-state index < -0.39 is 24.1 Å². The highest BCUT2D eigenvalue weighted by Crippen LogP contribution is 2.09. The van der Waals surface area contributed by atoms with Gasteiger partial charge in [-0.05, 0) is 6.42 Å². The lowest BCUT2D eigenvalue weighted by Gasteiger charge is -2.20. The Balaban J connectivity index is 1.93. The van der Waals surface area contributed by atoms with Gasteiger partial charge in [-0.1, -0.05) is 0 Å². The number of urea groups is 1. The predicted octanol–water partition coefficient (Wildman–Crippen LogP) is -0.818. The third kappa shape index (κ3) is 3.44. The zero-order valence-corrected chi connectivity index (χ0v) is 10.2. The van der Waals surface area contributed by atoms with Crippen molar-refractivity contribution in [3.63, 3.8) is 0 Å². The third-order valence-electron chi connectivity index (χ3n) is 3.03. The molecule has 2 heterocycles. The van der Waals surface area contributed by atoms with Crippen LogP contribution in [-0.4, -0.2) is 62.3 Å². The molecule has 0 bridgehead atoms. The molecule has 2 atom stereocenters. The Kier molecular flexibility index (Phi) is 4.00. The molecule has 8 nitrogen and oxygen atoms in total. The number of aromatic nitrogens is 2. The maximum atomic E-state index is 11.8. The number of β-amino-alcohol motifs (C(OH)–C–C–N with tert-alkyl or cyclic N) is 1. The monoisotopic (exact) mass is 268 g/mol. The summed E-state index contributed by atoms with van der Waals surface area (Å²) < 4.78 is 0. The molecule has 1 fully saturated rings. The number of aliphatic hydroxyl groups excluding tert-OH is 1. The molecule has 0 spiro atoms. The number of carboxylic acid groups (broad SMARTS) is 1. The molecule has 1 aliphatic rings. The number of nitrogens with zero attached hydrogens (tertiary/aromatic N) is 2. The van der Waals surface area contributed by atoms with E-state index in [1.54, 1.807) is 0 Å². The van der Waals surface area contributed by atoms with Crippen LogP contribution in [0, 0.1) is 0 Å². The predicted molar refractivity (Wildman–Crippen MR) is 64.4 cm³/mol. The number of carbonyl (C=O) groups is 2. The Labute approximate surface area is 109 Å². The second-order valence-electron chi connectivity index (χ2n) is 4.51. The van der Waals surface area contributed by atoms with Gasteiger partial charge in [0.15, 0.2) is 0 Å². The number of H-pyrrole nitrogens is 1. The Bertz CT molecular complexity index is 448. The van der Waals surface area contributed by atoms with Crippen molar-refractivity contribution in [2.45, 2.75) is 25.0 Å². The molecule has 104 valence electrons. The maximum Gasteiger partial charge on any atom is 0.326 e. The highest BCUT2D eigenvalue weighted by Gasteiger charge is 2.28. The number of carbonyl (C=O) groups excluding carboxylic acids is 1. The van der Waals surface area contributed by atoms with Crippen LogP contribution in [0.4, 0.5) is 4.79 Å². The van der Waals surface area contributed by atoms with Gasteiger partial charge in [0.25, 0.3) is 0 Å². The van der Waals surface area contributed by atoms with Gasteiger partial charge in [-0.2, -0.15) is 0 Å². The minimum absolute atomic E-state index is 0.136. The molecule has 19 heavy (non-hydrogen) atoms. The number of hydrogen-bond acceptors (Lipinski definition) is 4. The first kappa shape index (κ1) is 13.3. The molecule has 2 amide bonds. The van der Waals surface area contributed by atoms with E-state index in [1.807, 2.05) is 0 Å². The Hall–Kier alpha value is -2.09. The number of carboxylic acids is 1. The molecule has 0 aromatic carbocycles. The average molecular weight is 268 g/mol. The van der Waals surface area contributed by atoms with Crippen LogP contribution in [0.2, 0.25) is 0 Å². The Morgan fingerprint density at radius 2 is 2.42 bits per heavy atom. The van der Waals surface area contributed by atoms with Gasteiger partial charge >= 0.3 is 12.0 Å². The fourth-order valence-electron chi connectivity index (χ4n) is 1.98. The Morgan fingerprint density at radius 3 is 2.95 bits per heavy atom. The average Bonchev–Trinajstić information content (AvgIpc) is 2.99. The lowest BCUT2D eigenvalue weighted by atomic mass is 10.1. The van der Waals surface area contributed by atoms with Crippen molar-refractivity contribution in [3.05, 3.63) is 18.2 Å². The standard InChI is InChI=1S/C11H16N4O4/c16-8-1-2-15(5-8)11(19)14-9(10(17)18)3-7-4-12-6-13-7/h4,6,8-9,16H,1-3,5H2,(H,12,13)(H,14,19)(H,17,18). The molecule has 1 aliphatic heterocycles. The SMILES string of the molecule is O=C(O)C(Cc1cnc[nH]1)NC(=O)N1CCC(O)C1. The van der Waals surface area contributed by atoms with E-state index in [-0.39, 0.29) is 13.0 Å². The number of aromatic amines is 1. The second kappa shape index (κ2) is 5.70. The summed E-state index contributed by atoms with van der Waals surface area (Å²) in [6.45, 7) is 0.672. The van der Waals surface area contributed by atoms with Crippen LogP contribution < -0.4 is 5.32 Å². The fourth-order valence-corrected chi connectivity index (χ4v) is 1.98. The summed E-state index contributed by atoms with van der Waals surface area (Å²) in [4.78, 5) is 31.0. The number of rotatable bonds is 4.